The Morgan fingerprint density at radius 3 is 2.78 bits per heavy atom. The van der Waals surface area contributed by atoms with Gasteiger partial charge in [0.25, 0.3) is 5.91 Å². The summed E-state index contributed by atoms with van der Waals surface area (Å²) in [6, 6.07) is 9.42. The lowest BCUT2D eigenvalue weighted by molar-refractivity contribution is 0.0755. The third-order valence-electron chi connectivity index (χ3n) is 5.40. The first-order chi connectivity index (χ1) is 15.4. The van der Waals surface area contributed by atoms with Crippen LogP contribution in [-0.2, 0) is 9.57 Å². The molecule has 3 heterocycles. The van der Waals surface area contributed by atoms with Crippen LogP contribution in [0.5, 0.6) is 0 Å². The van der Waals surface area contributed by atoms with E-state index in [1.807, 2.05) is 32.3 Å². The van der Waals surface area contributed by atoms with Gasteiger partial charge in [-0.15, -0.1) is 11.3 Å². The Balaban J connectivity index is 1.47. The predicted octanol–water partition coefficient (Wildman–Crippen LogP) is 3.05. The van der Waals surface area contributed by atoms with Gasteiger partial charge < -0.3 is 24.7 Å². The average Bonchev–Trinajstić information content (AvgIpc) is 3.46. The molecule has 0 aliphatic carbocycles. The summed E-state index contributed by atoms with van der Waals surface area (Å²) < 4.78 is 6.10. The molecule has 2 N–H and O–H groups in total. The Bertz CT molecular complexity index is 1030. The first-order valence-electron chi connectivity index (χ1n) is 10.4. The Morgan fingerprint density at radius 2 is 2.09 bits per heavy atom. The topological polar surface area (TPSA) is 90.2 Å². The van der Waals surface area contributed by atoms with Crippen molar-refractivity contribution in [2.24, 2.45) is 5.16 Å². The third kappa shape index (κ3) is 5.06. The first kappa shape index (κ1) is 22.6. The molecule has 8 nitrogen and oxygen atoms in total. The Hall–Kier alpha value is -2.62. The van der Waals surface area contributed by atoms with E-state index in [1.165, 1.54) is 11.3 Å². The lowest BCUT2D eigenvalue weighted by Gasteiger charge is -2.31. The molecule has 2 aliphatic rings. The van der Waals surface area contributed by atoms with Crippen LogP contribution in [0.3, 0.4) is 0 Å². The van der Waals surface area contributed by atoms with Gasteiger partial charge in [0.1, 0.15) is 11.9 Å². The number of ether oxygens (including phenoxy) is 1. The van der Waals surface area contributed by atoms with E-state index in [-0.39, 0.29) is 12.0 Å². The molecule has 170 valence electrons. The molecule has 1 saturated heterocycles. The summed E-state index contributed by atoms with van der Waals surface area (Å²) in [5, 5.41) is 15.6. The summed E-state index contributed by atoms with van der Waals surface area (Å²) in [6.45, 7) is 3.25. The maximum absolute atomic E-state index is 12.3. The maximum Gasteiger partial charge on any atom is 0.261 e. The summed E-state index contributed by atoms with van der Waals surface area (Å²) >= 11 is 7.16. The highest BCUT2D eigenvalue weighted by atomic mass is 35.5. The highest BCUT2D eigenvalue weighted by molar-refractivity contribution is 7.18. The average molecular weight is 476 g/mol. The van der Waals surface area contributed by atoms with E-state index in [0.717, 1.165) is 35.6 Å². The van der Waals surface area contributed by atoms with Gasteiger partial charge >= 0.3 is 0 Å². The highest BCUT2D eigenvalue weighted by Crippen LogP contribution is 2.29. The van der Waals surface area contributed by atoms with E-state index in [2.05, 4.69) is 15.4 Å². The molecule has 1 aromatic heterocycles. The van der Waals surface area contributed by atoms with Gasteiger partial charge in [0, 0.05) is 50.4 Å². The van der Waals surface area contributed by atoms with E-state index in [0.29, 0.717) is 41.2 Å². The molecule has 0 spiro atoms. The van der Waals surface area contributed by atoms with Crippen molar-refractivity contribution >= 4 is 46.1 Å². The largest absolute Gasteiger partial charge is 0.390 e. The molecule has 0 saturated carbocycles. The number of oxime groups is 1. The molecule has 1 unspecified atom stereocenters. The van der Waals surface area contributed by atoms with Gasteiger partial charge in [-0.25, -0.2) is 0 Å². The number of amidine groups is 1. The number of halogens is 1. The first-order valence-corrected chi connectivity index (χ1v) is 11.6. The molecule has 1 atom stereocenters. The van der Waals surface area contributed by atoms with Crippen molar-refractivity contribution in [1.29, 1.82) is 5.41 Å². The van der Waals surface area contributed by atoms with Gasteiger partial charge in [0.2, 0.25) is 0 Å². The number of hydrogen-bond acceptors (Lipinski definition) is 7. The van der Waals surface area contributed by atoms with Crippen LogP contribution >= 0.6 is 22.9 Å². The molecule has 0 bridgehead atoms. The summed E-state index contributed by atoms with van der Waals surface area (Å²) in [4.78, 5) is 22.5. The molecule has 1 aromatic carbocycles. The van der Waals surface area contributed by atoms with Crippen LogP contribution in [0.2, 0.25) is 4.34 Å². The van der Waals surface area contributed by atoms with E-state index >= 15 is 0 Å². The fraction of sp³-hybridized carbons (Fsp3) is 0.409. The molecule has 4 rings (SSSR count). The van der Waals surface area contributed by atoms with Gasteiger partial charge in [0.05, 0.1) is 34.7 Å². The lowest BCUT2D eigenvalue weighted by Crippen LogP contribution is -2.37. The maximum atomic E-state index is 12.3. The molecule has 0 radical (unpaired) electrons. The van der Waals surface area contributed by atoms with E-state index in [1.54, 1.807) is 17.0 Å². The van der Waals surface area contributed by atoms with Crippen LogP contribution in [0.1, 0.15) is 27.2 Å². The number of rotatable bonds is 6. The SMILES string of the molecule is CN(C)C(=N)c1ccc(C2=NOC(CNC(=O)c3ccc(Cl)s3)C2)c(N2CCOCC2)c1. The van der Waals surface area contributed by atoms with Gasteiger partial charge in [-0.1, -0.05) is 28.9 Å². The van der Waals surface area contributed by atoms with Crippen LogP contribution in [0.4, 0.5) is 5.69 Å². The van der Waals surface area contributed by atoms with Crippen molar-refractivity contribution in [1.82, 2.24) is 10.2 Å². The zero-order valence-electron chi connectivity index (χ0n) is 18.1. The standard InChI is InChI=1S/C22H26ClN5O3S/c1-27(2)21(24)14-3-4-16(18(11-14)28-7-9-30-10-8-28)17-12-15(31-26-17)13-25-22(29)19-5-6-20(23)32-19/h3-6,11,15,24H,7-10,12-13H2,1-2H3,(H,25,29). The lowest BCUT2D eigenvalue weighted by atomic mass is 9.99. The normalized spacial score (nSPS) is 18.2. The quantitative estimate of drug-likeness (QED) is 0.495. The summed E-state index contributed by atoms with van der Waals surface area (Å²) in [5.41, 5.74) is 3.70. The zero-order valence-corrected chi connectivity index (χ0v) is 19.6. The van der Waals surface area contributed by atoms with Gasteiger partial charge in [-0.2, -0.15) is 0 Å². The Kier molecular flexibility index (Phi) is 6.98. The second-order valence-corrected chi connectivity index (χ2v) is 9.57. The number of morpholine rings is 1. The summed E-state index contributed by atoms with van der Waals surface area (Å²) in [5.74, 6) is 0.282. The van der Waals surface area contributed by atoms with Crippen LogP contribution in [0.15, 0.2) is 35.5 Å². The number of nitrogens with zero attached hydrogens (tertiary/aromatic N) is 3. The fourth-order valence-corrected chi connectivity index (χ4v) is 4.63. The van der Waals surface area contributed by atoms with Crippen molar-refractivity contribution in [2.75, 3.05) is 51.8 Å². The highest BCUT2D eigenvalue weighted by Gasteiger charge is 2.27. The minimum absolute atomic E-state index is 0.167. The second kappa shape index (κ2) is 9.89. The summed E-state index contributed by atoms with van der Waals surface area (Å²) in [6.07, 6.45) is 0.356. The Morgan fingerprint density at radius 1 is 1.31 bits per heavy atom. The van der Waals surface area contributed by atoms with Crippen molar-refractivity contribution in [2.45, 2.75) is 12.5 Å². The number of anilines is 1. The van der Waals surface area contributed by atoms with Crippen LogP contribution in [0, 0.1) is 5.41 Å². The molecule has 2 aliphatic heterocycles. The van der Waals surface area contributed by atoms with Crippen molar-refractivity contribution in [3.8, 4) is 0 Å². The third-order valence-corrected chi connectivity index (χ3v) is 6.63. The molecular formula is C22H26ClN5O3S. The number of benzene rings is 1. The smallest absolute Gasteiger partial charge is 0.261 e. The van der Waals surface area contributed by atoms with Crippen molar-refractivity contribution < 1.29 is 14.4 Å². The van der Waals surface area contributed by atoms with E-state index < -0.39 is 0 Å². The minimum Gasteiger partial charge on any atom is -0.390 e. The number of carbonyl (C=O) groups excluding carboxylic acids is 1. The molecule has 2 aromatic rings. The predicted molar refractivity (Wildman–Crippen MR) is 128 cm³/mol. The van der Waals surface area contributed by atoms with Gasteiger partial charge in [0.15, 0.2) is 0 Å². The minimum atomic E-state index is -0.235. The number of thiophene rings is 1. The number of amides is 1. The van der Waals surface area contributed by atoms with Crippen molar-refractivity contribution in [3.63, 3.8) is 0 Å². The van der Waals surface area contributed by atoms with E-state index in [9.17, 15) is 4.79 Å². The van der Waals surface area contributed by atoms with Crippen LogP contribution in [0.25, 0.3) is 0 Å². The zero-order chi connectivity index (χ0) is 22.7. The fourth-order valence-electron chi connectivity index (χ4n) is 3.67. The van der Waals surface area contributed by atoms with Gasteiger partial charge in [-0.05, 0) is 18.2 Å². The molecule has 10 heteroatoms. The molecule has 1 fully saturated rings. The Labute approximate surface area is 196 Å². The van der Waals surface area contributed by atoms with Crippen LogP contribution < -0.4 is 10.2 Å². The molecule has 1 amide bonds. The monoisotopic (exact) mass is 475 g/mol. The number of hydrogen-bond donors (Lipinski definition) is 2. The van der Waals surface area contributed by atoms with Crippen LogP contribution in [-0.4, -0.2) is 75.4 Å². The second-order valence-electron chi connectivity index (χ2n) is 7.86. The van der Waals surface area contributed by atoms with E-state index in [4.69, 9.17) is 26.6 Å². The molecule has 32 heavy (non-hydrogen) atoms. The van der Waals surface area contributed by atoms with Gasteiger partial charge in [-0.3, -0.25) is 10.2 Å². The van der Waals surface area contributed by atoms with Crippen molar-refractivity contribution in [3.05, 3.63) is 50.7 Å². The molecular weight excluding hydrogens is 450 g/mol. The number of nitrogens with one attached hydrogen (secondary N) is 2. The number of carbonyl (C=O) groups is 1. The summed E-state index contributed by atoms with van der Waals surface area (Å²) in [7, 11) is 3.73.